The third-order valence-electron chi connectivity index (χ3n) is 4.13. The van der Waals surface area contributed by atoms with E-state index < -0.39 is 10.5 Å². The minimum Gasteiger partial charge on any atom is -0.337 e. The van der Waals surface area contributed by atoms with Crippen LogP contribution in [0, 0.1) is 10.1 Å². The van der Waals surface area contributed by atoms with Crippen LogP contribution in [-0.2, 0) is 5.54 Å². The van der Waals surface area contributed by atoms with Gasteiger partial charge in [-0.1, -0.05) is 5.16 Å². The van der Waals surface area contributed by atoms with E-state index in [1.807, 2.05) is 20.9 Å². The molecule has 1 fully saturated rings. The summed E-state index contributed by atoms with van der Waals surface area (Å²) in [6.07, 6.45) is 2.57. The molecule has 0 amide bonds. The first-order chi connectivity index (χ1) is 10.9. The highest BCUT2D eigenvalue weighted by molar-refractivity contribution is 5.85. The van der Waals surface area contributed by atoms with Crippen molar-refractivity contribution in [1.29, 1.82) is 0 Å². The highest BCUT2D eigenvalue weighted by Gasteiger charge is 2.34. The van der Waals surface area contributed by atoms with Crippen LogP contribution in [0.2, 0.25) is 0 Å². The predicted molar refractivity (Wildman–Crippen MR) is 87.1 cm³/mol. The molecule has 3 heterocycles. The molecule has 0 bridgehead atoms. The van der Waals surface area contributed by atoms with E-state index >= 15 is 0 Å². The van der Waals surface area contributed by atoms with Crippen LogP contribution in [0.4, 0.5) is 5.69 Å². The largest absolute Gasteiger partial charge is 0.337 e. The molecule has 11 heteroatoms. The van der Waals surface area contributed by atoms with Gasteiger partial charge in [-0.2, -0.15) is 10.1 Å². The zero-order chi connectivity index (χ0) is 16.6. The fraction of sp³-hybridized carbons (Fsp3) is 0.615. The molecular weight excluding hydrogens is 338 g/mol. The van der Waals surface area contributed by atoms with Crippen LogP contribution >= 0.6 is 12.4 Å². The first-order valence-electron chi connectivity index (χ1n) is 7.34. The van der Waals surface area contributed by atoms with E-state index in [0.717, 1.165) is 19.6 Å². The average Bonchev–Trinajstić information content (AvgIpc) is 3.18. The third kappa shape index (κ3) is 3.25. The second-order valence-corrected chi connectivity index (χ2v) is 6.12. The summed E-state index contributed by atoms with van der Waals surface area (Å²) >= 11 is 0. The highest BCUT2D eigenvalue weighted by Crippen LogP contribution is 2.27. The molecular formula is C13H20ClN7O3. The molecule has 0 aliphatic carbocycles. The van der Waals surface area contributed by atoms with Crippen LogP contribution in [0.5, 0.6) is 0 Å². The van der Waals surface area contributed by atoms with E-state index in [9.17, 15) is 10.1 Å². The van der Waals surface area contributed by atoms with Gasteiger partial charge < -0.3 is 9.84 Å². The number of hydrogen-bond donors (Lipinski definition) is 1. The number of hydrogen-bond acceptors (Lipinski definition) is 8. The molecule has 3 rings (SSSR count). The molecule has 1 aliphatic heterocycles. The molecule has 1 atom stereocenters. The molecule has 2 aromatic heterocycles. The van der Waals surface area contributed by atoms with Gasteiger partial charge in [-0.15, -0.1) is 12.4 Å². The van der Waals surface area contributed by atoms with Crippen LogP contribution in [-0.4, -0.2) is 56.4 Å². The van der Waals surface area contributed by atoms with Gasteiger partial charge in [0, 0.05) is 19.6 Å². The molecule has 0 radical (unpaired) electrons. The van der Waals surface area contributed by atoms with Crippen molar-refractivity contribution in [3.05, 3.63) is 34.2 Å². The van der Waals surface area contributed by atoms with E-state index in [4.69, 9.17) is 4.52 Å². The van der Waals surface area contributed by atoms with E-state index in [2.05, 4.69) is 25.5 Å². The van der Waals surface area contributed by atoms with Gasteiger partial charge in [0.25, 0.3) is 5.89 Å². The lowest BCUT2D eigenvalue weighted by molar-refractivity contribution is -0.385. The number of rotatable bonds is 4. The Hall–Kier alpha value is -2.04. The van der Waals surface area contributed by atoms with Crippen LogP contribution in [0.1, 0.15) is 31.6 Å². The minimum atomic E-state index is -0.778. The van der Waals surface area contributed by atoms with Gasteiger partial charge in [0.15, 0.2) is 5.82 Å². The van der Waals surface area contributed by atoms with Gasteiger partial charge >= 0.3 is 5.69 Å². The Morgan fingerprint density at radius 3 is 2.88 bits per heavy atom. The lowest BCUT2D eigenvalue weighted by Crippen LogP contribution is -2.44. The summed E-state index contributed by atoms with van der Waals surface area (Å²) in [5.41, 5.74) is -0.853. The number of nitrogens with zero attached hydrogens (tertiary/aromatic N) is 6. The molecule has 0 saturated carbocycles. The summed E-state index contributed by atoms with van der Waals surface area (Å²) in [6, 6.07) is 0.0454. The Morgan fingerprint density at radius 1 is 1.50 bits per heavy atom. The Balaban J connectivity index is 0.00000208. The smallest absolute Gasteiger partial charge is 0.307 e. The summed E-state index contributed by atoms with van der Waals surface area (Å²) < 4.78 is 6.87. The molecule has 24 heavy (non-hydrogen) atoms. The van der Waals surface area contributed by atoms with Gasteiger partial charge in [-0.25, -0.2) is 0 Å². The monoisotopic (exact) mass is 357 g/mol. The Bertz CT molecular complexity index is 714. The molecule has 0 spiro atoms. The number of likely N-dealkylation sites (N-methyl/N-ethyl adjacent to an activating group) is 1. The first-order valence-corrected chi connectivity index (χ1v) is 7.34. The molecule has 1 unspecified atom stereocenters. The molecule has 1 aliphatic rings. The van der Waals surface area contributed by atoms with Gasteiger partial charge in [0.2, 0.25) is 0 Å². The molecule has 1 saturated heterocycles. The van der Waals surface area contributed by atoms with Crippen molar-refractivity contribution in [2.24, 2.45) is 0 Å². The van der Waals surface area contributed by atoms with Crippen molar-refractivity contribution in [3.8, 4) is 0 Å². The van der Waals surface area contributed by atoms with E-state index in [1.165, 1.54) is 17.1 Å². The van der Waals surface area contributed by atoms with E-state index in [0.29, 0.717) is 11.7 Å². The third-order valence-corrected chi connectivity index (χ3v) is 4.13. The maximum Gasteiger partial charge on any atom is 0.307 e. The molecule has 1 N–H and O–H groups in total. The van der Waals surface area contributed by atoms with Gasteiger partial charge in [-0.05, 0) is 20.9 Å². The Kier molecular flexibility index (Phi) is 5.21. The second kappa shape index (κ2) is 6.83. The average molecular weight is 358 g/mol. The molecule has 2 aromatic rings. The lowest BCUT2D eigenvalue weighted by atomic mass is 10.1. The predicted octanol–water partition coefficient (Wildman–Crippen LogP) is 0.956. The number of halogens is 1. The summed E-state index contributed by atoms with van der Waals surface area (Å²) in [6.45, 7) is 6.24. The van der Waals surface area contributed by atoms with E-state index in [1.54, 1.807) is 0 Å². The summed E-state index contributed by atoms with van der Waals surface area (Å²) in [4.78, 5) is 17.0. The van der Waals surface area contributed by atoms with Crippen LogP contribution in [0.3, 0.4) is 0 Å². The van der Waals surface area contributed by atoms with Crippen LogP contribution in [0.15, 0.2) is 16.9 Å². The fourth-order valence-corrected chi connectivity index (χ4v) is 2.52. The van der Waals surface area contributed by atoms with Gasteiger partial charge in [0.05, 0.1) is 11.0 Å². The van der Waals surface area contributed by atoms with Gasteiger partial charge in [-0.3, -0.25) is 19.7 Å². The number of nitrogens with one attached hydrogen (secondary N) is 1. The molecule has 10 nitrogen and oxygen atoms in total. The van der Waals surface area contributed by atoms with Gasteiger partial charge in [0.1, 0.15) is 17.9 Å². The van der Waals surface area contributed by atoms with Crippen molar-refractivity contribution < 1.29 is 9.45 Å². The van der Waals surface area contributed by atoms with Crippen LogP contribution in [0.25, 0.3) is 0 Å². The topological polar surface area (TPSA) is 115 Å². The minimum absolute atomic E-state index is 0. The standard InChI is InChI=1S/C13H19N7O3.ClH/c1-13(2,19-8-9(6-15-19)20(21)22)12-16-11(17-23-12)10-7-14-4-5-18(10)3;/h6,8,10,14H,4-5,7H2,1-3H3;1H. The van der Waals surface area contributed by atoms with Crippen LogP contribution < -0.4 is 5.32 Å². The van der Waals surface area contributed by atoms with E-state index in [-0.39, 0.29) is 24.1 Å². The quantitative estimate of drug-likeness (QED) is 0.635. The van der Waals surface area contributed by atoms with Crippen molar-refractivity contribution in [2.45, 2.75) is 25.4 Å². The Labute approximate surface area is 144 Å². The lowest BCUT2D eigenvalue weighted by Gasteiger charge is -2.30. The summed E-state index contributed by atoms with van der Waals surface area (Å²) in [5, 5.41) is 22.2. The van der Waals surface area contributed by atoms with Crippen molar-refractivity contribution in [2.75, 3.05) is 26.7 Å². The van der Waals surface area contributed by atoms with Crippen molar-refractivity contribution >= 4 is 18.1 Å². The number of aromatic nitrogens is 4. The summed E-state index contributed by atoms with van der Waals surface area (Å²) in [7, 11) is 2.02. The Morgan fingerprint density at radius 2 is 2.25 bits per heavy atom. The fourth-order valence-electron chi connectivity index (χ4n) is 2.52. The summed E-state index contributed by atoms with van der Waals surface area (Å²) in [5.74, 6) is 0.967. The first kappa shape index (κ1) is 18.3. The maximum absolute atomic E-state index is 10.8. The molecule has 132 valence electrons. The number of piperazine rings is 1. The zero-order valence-electron chi connectivity index (χ0n) is 13.7. The SMILES string of the molecule is CN1CCNCC1c1noc(C(C)(C)n2cc([N+](=O)[O-])cn2)n1.Cl. The van der Waals surface area contributed by atoms with Crippen molar-refractivity contribution in [1.82, 2.24) is 30.1 Å². The zero-order valence-corrected chi connectivity index (χ0v) is 14.5. The highest BCUT2D eigenvalue weighted by atomic mass is 35.5. The van der Waals surface area contributed by atoms with Crippen molar-refractivity contribution in [3.63, 3.8) is 0 Å². The second-order valence-electron chi connectivity index (χ2n) is 6.12. The number of nitro groups is 1. The maximum atomic E-state index is 10.8. The normalized spacial score (nSPS) is 19.0. The molecule has 0 aromatic carbocycles.